The second-order valence-electron chi connectivity index (χ2n) is 6.35. The predicted octanol–water partition coefficient (Wildman–Crippen LogP) is 2.69. The quantitative estimate of drug-likeness (QED) is 0.796. The Kier molecular flexibility index (Phi) is 5.73. The van der Waals surface area contributed by atoms with E-state index in [0.29, 0.717) is 26.2 Å². The lowest BCUT2D eigenvalue weighted by atomic mass is 10.1. The Labute approximate surface area is 152 Å². The number of hydrogen-bond acceptors (Lipinski definition) is 4. The molecular formula is C20H23FN2O3. The highest BCUT2D eigenvalue weighted by Gasteiger charge is 2.24. The zero-order valence-corrected chi connectivity index (χ0v) is 15.1. The second kappa shape index (κ2) is 8.19. The van der Waals surface area contributed by atoms with Crippen LogP contribution in [0.2, 0.25) is 0 Å². The Morgan fingerprint density at radius 3 is 2.50 bits per heavy atom. The fraction of sp³-hybridized carbons (Fsp3) is 0.350. The van der Waals surface area contributed by atoms with Crippen LogP contribution >= 0.6 is 0 Å². The monoisotopic (exact) mass is 358 g/mol. The van der Waals surface area contributed by atoms with Gasteiger partial charge < -0.3 is 14.4 Å². The lowest BCUT2D eigenvalue weighted by Crippen LogP contribution is -2.49. The molecule has 0 aliphatic carbocycles. The number of benzene rings is 2. The van der Waals surface area contributed by atoms with Crippen molar-refractivity contribution in [1.29, 1.82) is 0 Å². The van der Waals surface area contributed by atoms with Crippen molar-refractivity contribution in [3.05, 3.63) is 59.4 Å². The van der Waals surface area contributed by atoms with E-state index in [1.54, 1.807) is 13.2 Å². The van der Waals surface area contributed by atoms with Crippen LogP contribution in [0, 0.1) is 5.82 Å². The van der Waals surface area contributed by atoms with E-state index >= 15 is 0 Å². The molecule has 1 fully saturated rings. The largest absolute Gasteiger partial charge is 0.497 e. The molecule has 3 rings (SSSR count). The van der Waals surface area contributed by atoms with Gasteiger partial charge in [0.05, 0.1) is 20.8 Å². The lowest BCUT2D eigenvalue weighted by molar-refractivity contribution is -0.136. The van der Waals surface area contributed by atoms with E-state index in [4.69, 9.17) is 9.47 Å². The van der Waals surface area contributed by atoms with Crippen molar-refractivity contribution in [1.82, 2.24) is 9.80 Å². The number of hydrogen-bond donors (Lipinski definition) is 0. The minimum Gasteiger partial charge on any atom is -0.497 e. The highest BCUT2D eigenvalue weighted by Crippen LogP contribution is 2.20. The third kappa shape index (κ3) is 4.32. The maximum atomic E-state index is 13.8. The maximum Gasteiger partial charge on any atom is 0.237 e. The van der Waals surface area contributed by atoms with E-state index in [0.717, 1.165) is 23.4 Å². The molecule has 1 heterocycles. The average Bonchev–Trinajstić information content (AvgIpc) is 2.64. The van der Waals surface area contributed by atoms with E-state index in [2.05, 4.69) is 0 Å². The molecule has 0 spiro atoms. The number of piperazine rings is 1. The molecule has 26 heavy (non-hydrogen) atoms. The summed E-state index contributed by atoms with van der Waals surface area (Å²) in [4.78, 5) is 16.4. The fourth-order valence-electron chi connectivity index (χ4n) is 3.12. The third-order valence-electron chi connectivity index (χ3n) is 4.53. The SMILES string of the molecule is COc1cccc(CN2CCN(Cc3ccc(OC)c(F)c3)CC2=O)c1. The Bertz CT molecular complexity index is 781. The molecule has 0 unspecified atom stereocenters. The van der Waals surface area contributed by atoms with Crippen molar-refractivity contribution >= 4 is 5.91 Å². The minimum atomic E-state index is -0.381. The summed E-state index contributed by atoms with van der Waals surface area (Å²) < 4.78 is 24.0. The lowest BCUT2D eigenvalue weighted by Gasteiger charge is -2.34. The Morgan fingerprint density at radius 2 is 1.81 bits per heavy atom. The number of amides is 1. The number of carbonyl (C=O) groups is 1. The number of rotatable bonds is 6. The molecular weight excluding hydrogens is 335 g/mol. The maximum absolute atomic E-state index is 13.8. The van der Waals surface area contributed by atoms with Gasteiger partial charge in [0.15, 0.2) is 11.6 Å². The molecule has 1 amide bonds. The summed E-state index contributed by atoms with van der Waals surface area (Å²) in [5.74, 6) is 0.712. The van der Waals surface area contributed by atoms with Gasteiger partial charge in [-0.15, -0.1) is 0 Å². The highest BCUT2D eigenvalue weighted by molar-refractivity contribution is 5.79. The molecule has 138 valence electrons. The van der Waals surface area contributed by atoms with Crippen LogP contribution in [0.15, 0.2) is 42.5 Å². The van der Waals surface area contributed by atoms with Crippen molar-refractivity contribution < 1.29 is 18.7 Å². The van der Waals surface area contributed by atoms with Crippen LogP contribution < -0.4 is 9.47 Å². The van der Waals surface area contributed by atoms with Crippen LogP contribution in [0.5, 0.6) is 11.5 Å². The number of carbonyl (C=O) groups excluding carboxylic acids is 1. The van der Waals surface area contributed by atoms with Gasteiger partial charge in [-0.3, -0.25) is 9.69 Å². The smallest absolute Gasteiger partial charge is 0.237 e. The van der Waals surface area contributed by atoms with E-state index in [-0.39, 0.29) is 17.5 Å². The standard InChI is InChI=1S/C20H23FN2O3/c1-25-17-5-3-4-15(10-17)13-23-9-8-22(14-20(23)24)12-16-6-7-19(26-2)18(21)11-16/h3-7,10-11H,8-9,12-14H2,1-2H3. The second-order valence-corrected chi connectivity index (χ2v) is 6.35. The van der Waals surface area contributed by atoms with Crippen LogP contribution in [0.1, 0.15) is 11.1 Å². The van der Waals surface area contributed by atoms with Gasteiger partial charge in [0.2, 0.25) is 5.91 Å². The van der Waals surface area contributed by atoms with Crippen molar-refractivity contribution in [3.63, 3.8) is 0 Å². The van der Waals surface area contributed by atoms with Crippen LogP contribution in [-0.4, -0.2) is 49.6 Å². The Hall–Kier alpha value is -2.60. The van der Waals surface area contributed by atoms with Crippen LogP contribution in [0.25, 0.3) is 0 Å². The van der Waals surface area contributed by atoms with Crippen LogP contribution in [-0.2, 0) is 17.9 Å². The van der Waals surface area contributed by atoms with E-state index in [1.807, 2.05) is 40.1 Å². The predicted molar refractivity (Wildman–Crippen MR) is 96.6 cm³/mol. The van der Waals surface area contributed by atoms with Crippen molar-refractivity contribution in [2.24, 2.45) is 0 Å². The Balaban J connectivity index is 1.58. The number of methoxy groups -OCH3 is 2. The topological polar surface area (TPSA) is 42.0 Å². The summed E-state index contributed by atoms with van der Waals surface area (Å²) in [5, 5.41) is 0. The molecule has 1 aliphatic rings. The van der Waals surface area contributed by atoms with Gasteiger partial charge in [-0.05, 0) is 35.4 Å². The first-order valence-electron chi connectivity index (χ1n) is 8.54. The molecule has 1 aliphatic heterocycles. The van der Waals surface area contributed by atoms with Gasteiger partial charge in [0.25, 0.3) is 0 Å². The number of ether oxygens (including phenoxy) is 2. The summed E-state index contributed by atoms with van der Waals surface area (Å²) >= 11 is 0. The zero-order chi connectivity index (χ0) is 18.5. The average molecular weight is 358 g/mol. The fourth-order valence-corrected chi connectivity index (χ4v) is 3.12. The molecule has 0 atom stereocenters. The van der Waals surface area contributed by atoms with Gasteiger partial charge in [-0.1, -0.05) is 18.2 Å². The molecule has 0 N–H and O–H groups in total. The van der Waals surface area contributed by atoms with Gasteiger partial charge in [-0.2, -0.15) is 0 Å². The summed E-state index contributed by atoms with van der Waals surface area (Å²) in [6.07, 6.45) is 0. The van der Waals surface area contributed by atoms with Crippen LogP contribution in [0.4, 0.5) is 4.39 Å². The van der Waals surface area contributed by atoms with E-state index in [9.17, 15) is 9.18 Å². The number of nitrogens with zero attached hydrogens (tertiary/aromatic N) is 2. The van der Waals surface area contributed by atoms with Crippen molar-refractivity contribution in [2.45, 2.75) is 13.1 Å². The summed E-state index contributed by atoms with van der Waals surface area (Å²) in [6.45, 7) is 2.84. The number of halogens is 1. The highest BCUT2D eigenvalue weighted by atomic mass is 19.1. The molecule has 2 aromatic rings. The normalized spacial score (nSPS) is 15.2. The molecule has 2 aromatic carbocycles. The van der Waals surface area contributed by atoms with Gasteiger partial charge in [0, 0.05) is 26.2 Å². The summed E-state index contributed by atoms with van der Waals surface area (Å²) in [7, 11) is 3.07. The van der Waals surface area contributed by atoms with Gasteiger partial charge >= 0.3 is 0 Å². The third-order valence-corrected chi connectivity index (χ3v) is 4.53. The first-order valence-corrected chi connectivity index (χ1v) is 8.54. The first kappa shape index (κ1) is 18.2. The minimum absolute atomic E-state index is 0.0769. The summed E-state index contributed by atoms with van der Waals surface area (Å²) in [5.41, 5.74) is 1.88. The molecule has 1 saturated heterocycles. The zero-order valence-electron chi connectivity index (χ0n) is 15.1. The molecule has 0 saturated carbocycles. The van der Waals surface area contributed by atoms with Gasteiger partial charge in [-0.25, -0.2) is 4.39 Å². The van der Waals surface area contributed by atoms with Crippen molar-refractivity contribution in [3.8, 4) is 11.5 Å². The summed E-state index contributed by atoms with van der Waals surface area (Å²) in [6, 6.07) is 12.7. The first-order chi connectivity index (χ1) is 12.6. The molecule has 0 bridgehead atoms. The molecule has 6 heteroatoms. The Morgan fingerprint density at radius 1 is 1.00 bits per heavy atom. The van der Waals surface area contributed by atoms with E-state index in [1.165, 1.54) is 13.2 Å². The van der Waals surface area contributed by atoms with Gasteiger partial charge in [0.1, 0.15) is 5.75 Å². The molecule has 0 radical (unpaired) electrons. The van der Waals surface area contributed by atoms with Crippen molar-refractivity contribution in [2.75, 3.05) is 33.9 Å². The van der Waals surface area contributed by atoms with E-state index < -0.39 is 0 Å². The van der Waals surface area contributed by atoms with Crippen LogP contribution in [0.3, 0.4) is 0 Å². The molecule has 5 nitrogen and oxygen atoms in total. The molecule has 0 aromatic heterocycles.